The monoisotopic (exact) mass is 284 g/mol. The second kappa shape index (κ2) is 6.44. The average molecular weight is 284 g/mol. The summed E-state index contributed by atoms with van der Waals surface area (Å²) >= 11 is 0. The Balaban J connectivity index is 2.22. The lowest BCUT2D eigenvalue weighted by atomic mass is 10.0. The van der Waals surface area contributed by atoms with Gasteiger partial charge in [-0.25, -0.2) is 0 Å². The number of ether oxygens (including phenoxy) is 2. The van der Waals surface area contributed by atoms with Gasteiger partial charge >= 0.3 is 0 Å². The normalized spacial score (nSPS) is 10.3. The fourth-order valence-corrected chi connectivity index (χ4v) is 2.46. The van der Waals surface area contributed by atoms with E-state index in [1.54, 1.807) is 25.3 Å². The maximum Gasteiger partial charge on any atom is 0.161 e. The molecule has 0 aliphatic rings. The van der Waals surface area contributed by atoms with Crippen molar-refractivity contribution in [1.29, 1.82) is 0 Å². The summed E-state index contributed by atoms with van der Waals surface area (Å²) in [6, 6.07) is 9.47. The first kappa shape index (κ1) is 15.1. The fraction of sp³-hybridized carbons (Fsp3) is 0.278. The zero-order valence-electron chi connectivity index (χ0n) is 12.9. The van der Waals surface area contributed by atoms with E-state index in [2.05, 4.69) is 32.9 Å². The predicted molar refractivity (Wildman–Crippen MR) is 83.4 cm³/mol. The first-order valence-corrected chi connectivity index (χ1v) is 6.88. The molecule has 0 atom stereocenters. The molecule has 0 bridgehead atoms. The Morgan fingerprint density at radius 1 is 1.00 bits per heavy atom. The van der Waals surface area contributed by atoms with Gasteiger partial charge in [-0.15, -0.1) is 0 Å². The highest BCUT2D eigenvalue weighted by Crippen LogP contribution is 2.29. The summed E-state index contributed by atoms with van der Waals surface area (Å²) in [7, 11) is 1.57. The van der Waals surface area contributed by atoms with Crippen molar-refractivity contribution in [2.45, 2.75) is 27.4 Å². The number of hydrogen-bond donors (Lipinski definition) is 0. The van der Waals surface area contributed by atoms with Gasteiger partial charge in [0, 0.05) is 5.56 Å². The van der Waals surface area contributed by atoms with Crippen molar-refractivity contribution in [2.24, 2.45) is 0 Å². The van der Waals surface area contributed by atoms with Crippen LogP contribution in [0.3, 0.4) is 0 Å². The summed E-state index contributed by atoms with van der Waals surface area (Å²) in [6.07, 6.45) is 0.792. The zero-order valence-corrected chi connectivity index (χ0v) is 12.9. The minimum atomic E-state index is 0.481. The number of aryl methyl sites for hydroxylation is 3. The van der Waals surface area contributed by atoms with Gasteiger partial charge in [0.05, 0.1) is 7.11 Å². The molecule has 0 N–H and O–H groups in total. The van der Waals surface area contributed by atoms with Crippen LogP contribution in [-0.2, 0) is 6.61 Å². The van der Waals surface area contributed by atoms with Crippen LogP contribution in [0.15, 0.2) is 30.3 Å². The number of methoxy groups -OCH3 is 1. The van der Waals surface area contributed by atoms with Gasteiger partial charge in [-0.1, -0.05) is 17.7 Å². The Morgan fingerprint density at radius 2 is 1.67 bits per heavy atom. The van der Waals surface area contributed by atoms with Crippen molar-refractivity contribution >= 4 is 6.29 Å². The molecular formula is C18H20O3. The SMILES string of the molecule is COc1cc(C=O)ccc1OCc1c(C)cc(C)cc1C. The van der Waals surface area contributed by atoms with Crippen molar-refractivity contribution < 1.29 is 14.3 Å². The third kappa shape index (κ3) is 3.43. The lowest BCUT2D eigenvalue weighted by Gasteiger charge is -2.14. The van der Waals surface area contributed by atoms with Gasteiger partial charge in [0.2, 0.25) is 0 Å². The summed E-state index contributed by atoms with van der Waals surface area (Å²) in [4.78, 5) is 10.8. The Bertz CT molecular complexity index is 637. The van der Waals surface area contributed by atoms with Crippen LogP contribution in [0.25, 0.3) is 0 Å². The maximum atomic E-state index is 10.8. The van der Waals surface area contributed by atoms with Crippen molar-refractivity contribution in [2.75, 3.05) is 7.11 Å². The molecule has 110 valence electrons. The molecule has 0 amide bonds. The molecule has 0 fully saturated rings. The van der Waals surface area contributed by atoms with Gasteiger partial charge < -0.3 is 9.47 Å². The van der Waals surface area contributed by atoms with Crippen LogP contribution in [0.5, 0.6) is 11.5 Å². The number of hydrogen-bond acceptors (Lipinski definition) is 3. The molecule has 2 aromatic rings. The molecule has 2 aromatic carbocycles. The molecule has 0 unspecified atom stereocenters. The first-order chi connectivity index (χ1) is 10.0. The minimum Gasteiger partial charge on any atom is -0.493 e. The van der Waals surface area contributed by atoms with E-state index < -0.39 is 0 Å². The van der Waals surface area contributed by atoms with E-state index in [0.717, 1.165) is 6.29 Å². The first-order valence-electron chi connectivity index (χ1n) is 6.88. The van der Waals surface area contributed by atoms with Crippen LogP contribution in [0.2, 0.25) is 0 Å². The van der Waals surface area contributed by atoms with Gasteiger partial charge in [-0.2, -0.15) is 0 Å². The van der Waals surface area contributed by atoms with Crippen LogP contribution < -0.4 is 9.47 Å². The van der Waals surface area contributed by atoms with Crippen LogP contribution in [0, 0.1) is 20.8 Å². The second-order valence-electron chi connectivity index (χ2n) is 5.19. The lowest BCUT2D eigenvalue weighted by Crippen LogP contribution is -2.02. The Morgan fingerprint density at radius 3 is 2.24 bits per heavy atom. The topological polar surface area (TPSA) is 35.5 Å². The van der Waals surface area contributed by atoms with Gasteiger partial charge in [0.25, 0.3) is 0 Å². The Kier molecular flexibility index (Phi) is 4.63. The van der Waals surface area contributed by atoms with Gasteiger partial charge in [0.15, 0.2) is 11.5 Å². The van der Waals surface area contributed by atoms with Gasteiger partial charge in [-0.05, 0) is 55.7 Å². The highest BCUT2D eigenvalue weighted by molar-refractivity contribution is 5.76. The van der Waals surface area contributed by atoms with E-state index in [4.69, 9.17) is 9.47 Å². The molecular weight excluding hydrogens is 264 g/mol. The van der Waals surface area contributed by atoms with E-state index in [9.17, 15) is 4.79 Å². The predicted octanol–water partition coefficient (Wildman–Crippen LogP) is 4.01. The molecule has 0 heterocycles. The fourth-order valence-electron chi connectivity index (χ4n) is 2.46. The maximum absolute atomic E-state index is 10.8. The zero-order chi connectivity index (χ0) is 15.4. The molecule has 0 aromatic heterocycles. The van der Waals surface area contributed by atoms with Crippen molar-refractivity contribution in [3.63, 3.8) is 0 Å². The van der Waals surface area contributed by atoms with Gasteiger partial charge in [-0.3, -0.25) is 4.79 Å². The van der Waals surface area contributed by atoms with Crippen molar-refractivity contribution in [1.82, 2.24) is 0 Å². The summed E-state index contributed by atoms with van der Waals surface area (Å²) in [6.45, 7) is 6.75. The molecule has 0 saturated heterocycles. The van der Waals surface area contributed by atoms with Crippen LogP contribution in [0.4, 0.5) is 0 Å². The third-order valence-electron chi connectivity index (χ3n) is 3.54. The Labute approximate surface area is 125 Å². The standard InChI is InChI=1S/C18H20O3/c1-12-7-13(2)16(14(3)8-12)11-21-17-6-5-15(10-19)9-18(17)20-4/h5-10H,11H2,1-4H3. The Hall–Kier alpha value is -2.29. The highest BCUT2D eigenvalue weighted by Gasteiger charge is 2.09. The largest absolute Gasteiger partial charge is 0.493 e. The van der Waals surface area contributed by atoms with Crippen molar-refractivity contribution in [3.8, 4) is 11.5 Å². The number of benzene rings is 2. The summed E-state index contributed by atoms with van der Waals surface area (Å²) in [5.41, 5.74) is 5.44. The van der Waals surface area contributed by atoms with Crippen LogP contribution in [-0.4, -0.2) is 13.4 Å². The number of carbonyl (C=O) groups is 1. The molecule has 0 aliphatic heterocycles. The van der Waals surface area contributed by atoms with E-state index in [1.807, 2.05) is 0 Å². The number of carbonyl (C=O) groups excluding carboxylic acids is 1. The number of rotatable bonds is 5. The molecule has 3 nitrogen and oxygen atoms in total. The van der Waals surface area contributed by atoms with E-state index in [-0.39, 0.29) is 0 Å². The minimum absolute atomic E-state index is 0.481. The molecule has 21 heavy (non-hydrogen) atoms. The van der Waals surface area contributed by atoms with Crippen LogP contribution in [0.1, 0.15) is 32.6 Å². The summed E-state index contributed by atoms with van der Waals surface area (Å²) < 4.78 is 11.1. The van der Waals surface area contributed by atoms with E-state index in [0.29, 0.717) is 23.7 Å². The van der Waals surface area contributed by atoms with Crippen molar-refractivity contribution in [3.05, 3.63) is 58.1 Å². The summed E-state index contributed by atoms with van der Waals surface area (Å²) in [5, 5.41) is 0. The average Bonchev–Trinajstić information content (AvgIpc) is 2.46. The smallest absolute Gasteiger partial charge is 0.161 e. The van der Waals surface area contributed by atoms with E-state index in [1.165, 1.54) is 22.3 Å². The molecule has 0 spiro atoms. The van der Waals surface area contributed by atoms with E-state index >= 15 is 0 Å². The lowest BCUT2D eigenvalue weighted by molar-refractivity contribution is 0.112. The molecule has 2 rings (SSSR count). The second-order valence-corrected chi connectivity index (χ2v) is 5.19. The quantitative estimate of drug-likeness (QED) is 0.778. The van der Waals surface area contributed by atoms with Gasteiger partial charge in [0.1, 0.15) is 12.9 Å². The number of aldehydes is 1. The molecule has 0 radical (unpaired) electrons. The summed E-state index contributed by atoms with van der Waals surface area (Å²) in [5.74, 6) is 1.21. The molecule has 0 saturated carbocycles. The molecule has 0 aliphatic carbocycles. The third-order valence-corrected chi connectivity index (χ3v) is 3.54. The van der Waals surface area contributed by atoms with Crippen LogP contribution >= 0.6 is 0 Å². The highest BCUT2D eigenvalue weighted by atomic mass is 16.5. The molecule has 3 heteroatoms.